The van der Waals surface area contributed by atoms with Crippen molar-refractivity contribution in [2.24, 2.45) is 0 Å². The van der Waals surface area contributed by atoms with E-state index >= 15 is 0 Å². The van der Waals surface area contributed by atoms with Gasteiger partial charge in [-0.2, -0.15) is 9.50 Å². The molecule has 0 bridgehead atoms. The monoisotopic (exact) mass is 365 g/mol. The summed E-state index contributed by atoms with van der Waals surface area (Å²) in [5, 5.41) is 4.41. The highest BCUT2D eigenvalue weighted by atomic mass is 32.2. The van der Waals surface area contributed by atoms with Gasteiger partial charge >= 0.3 is 0 Å². The Morgan fingerprint density at radius 3 is 2.56 bits per heavy atom. The zero-order valence-corrected chi connectivity index (χ0v) is 15.4. The Kier molecular flexibility index (Phi) is 4.15. The molecule has 0 fully saturated rings. The van der Waals surface area contributed by atoms with Crippen molar-refractivity contribution in [3.8, 4) is 11.4 Å². The van der Waals surface area contributed by atoms with E-state index in [2.05, 4.69) is 10.1 Å². The van der Waals surface area contributed by atoms with Crippen molar-refractivity contribution in [1.82, 2.24) is 14.6 Å². The second-order valence-electron chi connectivity index (χ2n) is 5.63. The summed E-state index contributed by atoms with van der Waals surface area (Å²) in [4.78, 5) is 19.0. The zero-order valence-electron chi connectivity index (χ0n) is 13.8. The molecule has 0 amide bonds. The fraction of sp³-hybridized carbons (Fsp3) is 0.105. The van der Waals surface area contributed by atoms with Crippen LogP contribution < -0.4 is 10.1 Å². The van der Waals surface area contributed by atoms with E-state index < -0.39 is 0 Å². The number of aryl methyl sites for hydroxylation is 1. The van der Waals surface area contributed by atoms with E-state index in [0.717, 1.165) is 16.7 Å². The van der Waals surface area contributed by atoms with E-state index in [4.69, 9.17) is 0 Å². The van der Waals surface area contributed by atoms with Gasteiger partial charge in [0.25, 0.3) is 5.56 Å². The van der Waals surface area contributed by atoms with Gasteiger partial charge in [0.05, 0.1) is 4.53 Å². The molecule has 25 heavy (non-hydrogen) atoms. The SMILES string of the molecule is CSc1ccc(/C=c2\sc3nc(-c4ccccc4C)nn3c2=O)cc1. The largest absolute Gasteiger partial charge is 0.291 e. The fourth-order valence-electron chi connectivity index (χ4n) is 2.62. The van der Waals surface area contributed by atoms with Crippen molar-refractivity contribution < 1.29 is 0 Å². The Bertz CT molecular complexity index is 1160. The van der Waals surface area contributed by atoms with E-state index in [1.54, 1.807) is 11.8 Å². The van der Waals surface area contributed by atoms with E-state index in [1.807, 2.05) is 67.8 Å². The molecule has 2 heterocycles. The molecule has 0 aliphatic carbocycles. The molecule has 0 radical (unpaired) electrons. The fourth-order valence-corrected chi connectivity index (χ4v) is 3.94. The standard InChI is InChI=1S/C19H15N3OS2/c1-12-5-3-4-6-15(12)17-20-19-22(21-17)18(23)16(25-19)11-13-7-9-14(24-2)10-8-13/h3-11H,1-2H3/b16-11-. The van der Waals surface area contributed by atoms with Crippen molar-refractivity contribution >= 4 is 34.1 Å². The molecule has 0 aliphatic heterocycles. The number of thiazole rings is 1. The Morgan fingerprint density at radius 2 is 1.88 bits per heavy atom. The average molecular weight is 365 g/mol. The van der Waals surface area contributed by atoms with E-state index in [0.29, 0.717) is 15.3 Å². The first-order valence-corrected chi connectivity index (χ1v) is 9.81. The highest BCUT2D eigenvalue weighted by Gasteiger charge is 2.13. The lowest BCUT2D eigenvalue weighted by atomic mass is 10.1. The van der Waals surface area contributed by atoms with Crippen LogP contribution in [0.4, 0.5) is 0 Å². The van der Waals surface area contributed by atoms with Gasteiger partial charge in [0.15, 0.2) is 5.82 Å². The maximum Gasteiger partial charge on any atom is 0.291 e. The molecule has 124 valence electrons. The van der Waals surface area contributed by atoms with Gasteiger partial charge in [-0.05, 0) is 42.5 Å². The minimum atomic E-state index is -0.124. The highest BCUT2D eigenvalue weighted by Crippen LogP contribution is 2.20. The van der Waals surface area contributed by atoms with Gasteiger partial charge in [-0.25, -0.2) is 0 Å². The number of aromatic nitrogens is 3. The number of benzene rings is 2. The van der Waals surface area contributed by atoms with E-state index in [-0.39, 0.29) is 5.56 Å². The molecule has 6 heteroatoms. The van der Waals surface area contributed by atoms with Crippen LogP contribution in [0, 0.1) is 6.92 Å². The molecule has 0 unspecified atom stereocenters. The van der Waals surface area contributed by atoms with Crippen LogP contribution in [-0.2, 0) is 0 Å². The van der Waals surface area contributed by atoms with Crippen LogP contribution in [-0.4, -0.2) is 20.9 Å². The maximum absolute atomic E-state index is 12.6. The summed E-state index contributed by atoms with van der Waals surface area (Å²) in [6.07, 6.45) is 3.93. The minimum Gasteiger partial charge on any atom is -0.266 e. The molecule has 0 aliphatic rings. The first kappa shape index (κ1) is 16.1. The minimum absolute atomic E-state index is 0.124. The average Bonchev–Trinajstić information content (AvgIpc) is 3.16. The Labute approximate surface area is 152 Å². The normalized spacial score (nSPS) is 12.2. The molecule has 0 atom stereocenters. The molecular weight excluding hydrogens is 350 g/mol. The topological polar surface area (TPSA) is 47.3 Å². The van der Waals surface area contributed by atoms with E-state index in [1.165, 1.54) is 20.7 Å². The summed E-state index contributed by atoms with van der Waals surface area (Å²) < 4.78 is 2.04. The number of rotatable bonds is 3. The van der Waals surface area contributed by atoms with Crippen LogP contribution in [0.3, 0.4) is 0 Å². The molecule has 4 rings (SSSR count). The van der Waals surface area contributed by atoms with Gasteiger partial charge in [-0.15, -0.1) is 16.9 Å². The third-order valence-electron chi connectivity index (χ3n) is 3.98. The predicted molar refractivity (Wildman–Crippen MR) is 104 cm³/mol. The molecule has 2 aromatic heterocycles. The lowest BCUT2D eigenvalue weighted by Gasteiger charge is -1.98. The number of hydrogen-bond acceptors (Lipinski definition) is 5. The summed E-state index contributed by atoms with van der Waals surface area (Å²) in [6.45, 7) is 2.01. The number of hydrogen-bond donors (Lipinski definition) is 0. The summed E-state index contributed by atoms with van der Waals surface area (Å²) in [6, 6.07) is 16.0. The summed E-state index contributed by atoms with van der Waals surface area (Å²) >= 11 is 3.06. The number of fused-ring (bicyclic) bond motifs is 1. The van der Waals surface area contributed by atoms with Crippen molar-refractivity contribution in [1.29, 1.82) is 0 Å². The summed E-state index contributed by atoms with van der Waals surface area (Å²) in [5.74, 6) is 0.595. The molecule has 4 aromatic rings. The third-order valence-corrected chi connectivity index (χ3v) is 5.68. The maximum atomic E-state index is 12.6. The van der Waals surface area contributed by atoms with Crippen molar-refractivity contribution in [3.63, 3.8) is 0 Å². The second-order valence-corrected chi connectivity index (χ2v) is 7.52. The molecule has 4 nitrogen and oxygen atoms in total. The quantitative estimate of drug-likeness (QED) is 0.522. The summed E-state index contributed by atoms with van der Waals surface area (Å²) in [7, 11) is 0. The molecule has 0 N–H and O–H groups in total. The summed E-state index contributed by atoms with van der Waals surface area (Å²) in [5.41, 5.74) is 2.92. The molecule has 2 aromatic carbocycles. The van der Waals surface area contributed by atoms with E-state index in [9.17, 15) is 4.79 Å². The van der Waals surface area contributed by atoms with Crippen LogP contribution in [0.15, 0.2) is 58.2 Å². The van der Waals surface area contributed by atoms with Gasteiger partial charge in [-0.1, -0.05) is 47.7 Å². The number of thioether (sulfide) groups is 1. The number of nitrogens with zero attached hydrogens (tertiary/aromatic N) is 3. The Hall–Kier alpha value is -2.44. The van der Waals surface area contributed by atoms with Gasteiger partial charge in [0.1, 0.15) is 0 Å². The van der Waals surface area contributed by atoms with Crippen molar-refractivity contribution in [3.05, 3.63) is 74.5 Å². The van der Waals surface area contributed by atoms with Gasteiger partial charge in [-0.3, -0.25) is 4.79 Å². The van der Waals surface area contributed by atoms with Crippen LogP contribution in [0.25, 0.3) is 22.4 Å². The molecular formula is C19H15N3OS2. The molecule has 0 saturated heterocycles. The zero-order chi connectivity index (χ0) is 17.4. The molecule has 0 saturated carbocycles. The highest BCUT2D eigenvalue weighted by molar-refractivity contribution is 7.98. The first-order chi connectivity index (χ1) is 12.2. The molecule has 0 spiro atoms. The smallest absolute Gasteiger partial charge is 0.266 e. The van der Waals surface area contributed by atoms with Gasteiger partial charge < -0.3 is 0 Å². The van der Waals surface area contributed by atoms with Crippen LogP contribution in [0.2, 0.25) is 0 Å². The Morgan fingerprint density at radius 1 is 1.12 bits per heavy atom. The third kappa shape index (κ3) is 2.99. The van der Waals surface area contributed by atoms with Crippen molar-refractivity contribution in [2.75, 3.05) is 6.26 Å². The van der Waals surface area contributed by atoms with Gasteiger partial charge in [0.2, 0.25) is 4.96 Å². The van der Waals surface area contributed by atoms with Crippen LogP contribution >= 0.6 is 23.1 Å². The lowest BCUT2D eigenvalue weighted by molar-refractivity contribution is 0.936. The predicted octanol–water partition coefficient (Wildman–Crippen LogP) is 3.40. The van der Waals surface area contributed by atoms with Crippen molar-refractivity contribution in [2.45, 2.75) is 11.8 Å². The first-order valence-electron chi connectivity index (χ1n) is 7.77. The second kappa shape index (κ2) is 6.46. The van der Waals surface area contributed by atoms with Gasteiger partial charge in [0, 0.05) is 10.5 Å². The Balaban J connectivity index is 1.79. The van der Waals surface area contributed by atoms with Crippen LogP contribution in [0.5, 0.6) is 0 Å². The lowest BCUT2D eigenvalue weighted by Crippen LogP contribution is -2.23. The van der Waals surface area contributed by atoms with Crippen LogP contribution in [0.1, 0.15) is 11.1 Å².